The summed E-state index contributed by atoms with van der Waals surface area (Å²) >= 11 is 0. The van der Waals surface area contributed by atoms with E-state index < -0.39 is 0 Å². The molecule has 1 aliphatic rings. The molecule has 2 atom stereocenters. The number of carbonyl (C=O) groups is 1. The van der Waals surface area contributed by atoms with E-state index in [1.54, 1.807) is 11.9 Å². The van der Waals surface area contributed by atoms with Gasteiger partial charge in [0.2, 0.25) is 5.91 Å². The number of rotatable bonds is 6. The van der Waals surface area contributed by atoms with Crippen LogP contribution < -0.4 is 0 Å². The topological polar surface area (TPSA) is 53.3 Å². The Morgan fingerprint density at radius 2 is 2.17 bits per heavy atom. The molecule has 1 saturated carbocycles. The third-order valence-electron chi connectivity index (χ3n) is 3.77. The molecule has 18 heavy (non-hydrogen) atoms. The fourth-order valence-corrected chi connectivity index (χ4v) is 2.49. The van der Waals surface area contributed by atoms with Gasteiger partial charge in [0.15, 0.2) is 0 Å². The molecule has 2 unspecified atom stereocenters. The molecule has 0 bridgehead atoms. The van der Waals surface area contributed by atoms with Gasteiger partial charge >= 0.3 is 0 Å². The van der Waals surface area contributed by atoms with Crippen LogP contribution in [0.25, 0.3) is 0 Å². The molecule has 1 fully saturated rings. The molecule has 1 rings (SSSR count). The summed E-state index contributed by atoms with van der Waals surface area (Å²) in [4.78, 5) is 13.4. The molecule has 0 N–H and O–H groups in total. The van der Waals surface area contributed by atoms with Crippen LogP contribution in [-0.2, 0) is 9.53 Å². The Bertz CT molecular complexity index is 299. The molecule has 102 valence electrons. The van der Waals surface area contributed by atoms with Gasteiger partial charge in [-0.15, -0.1) is 0 Å². The van der Waals surface area contributed by atoms with Crippen molar-refractivity contribution in [2.45, 2.75) is 51.6 Å². The van der Waals surface area contributed by atoms with Gasteiger partial charge in [-0.3, -0.25) is 4.79 Å². The maximum Gasteiger partial charge on any atom is 0.248 e. The molecular weight excluding hydrogens is 228 g/mol. The highest BCUT2D eigenvalue weighted by Gasteiger charge is 2.25. The second-order valence-electron chi connectivity index (χ2n) is 5.03. The third kappa shape index (κ3) is 4.66. The minimum atomic E-state index is -0.0225. The van der Waals surface area contributed by atoms with E-state index in [0.717, 1.165) is 12.8 Å². The Labute approximate surface area is 110 Å². The number of nitriles is 1. The lowest BCUT2D eigenvalue weighted by Crippen LogP contribution is -2.35. The van der Waals surface area contributed by atoms with Gasteiger partial charge in [0.05, 0.1) is 18.6 Å². The van der Waals surface area contributed by atoms with Gasteiger partial charge in [0.25, 0.3) is 0 Å². The number of nitrogens with zero attached hydrogens (tertiary/aromatic N) is 2. The van der Waals surface area contributed by atoms with Crippen LogP contribution >= 0.6 is 0 Å². The van der Waals surface area contributed by atoms with Crippen LogP contribution in [0.3, 0.4) is 0 Å². The average molecular weight is 252 g/mol. The van der Waals surface area contributed by atoms with Gasteiger partial charge in [-0.05, 0) is 18.8 Å². The fourth-order valence-electron chi connectivity index (χ4n) is 2.49. The Balaban J connectivity index is 2.30. The van der Waals surface area contributed by atoms with Gasteiger partial charge in [-0.2, -0.15) is 5.26 Å². The van der Waals surface area contributed by atoms with E-state index in [1.165, 1.54) is 19.3 Å². The predicted octanol–water partition coefficient (Wildman–Crippen LogP) is 2.34. The van der Waals surface area contributed by atoms with Gasteiger partial charge < -0.3 is 9.64 Å². The SMILES string of the molecule is CCC1CCCCC1OCC(=O)N(C)CCC#N. The van der Waals surface area contributed by atoms with E-state index in [0.29, 0.717) is 18.9 Å². The highest BCUT2D eigenvalue weighted by Crippen LogP contribution is 2.28. The van der Waals surface area contributed by atoms with Crippen LogP contribution in [0.4, 0.5) is 0 Å². The minimum absolute atomic E-state index is 0.0225. The lowest BCUT2D eigenvalue weighted by molar-refractivity contribution is -0.139. The molecule has 1 aliphatic carbocycles. The number of ether oxygens (including phenoxy) is 1. The lowest BCUT2D eigenvalue weighted by atomic mass is 9.85. The zero-order valence-corrected chi connectivity index (χ0v) is 11.5. The highest BCUT2D eigenvalue weighted by molar-refractivity contribution is 5.77. The molecule has 0 aliphatic heterocycles. The summed E-state index contributed by atoms with van der Waals surface area (Å²) in [5.74, 6) is 0.585. The maximum absolute atomic E-state index is 11.8. The highest BCUT2D eigenvalue weighted by atomic mass is 16.5. The zero-order chi connectivity index (χ0) is 13.4. The molecule has 0 aromatic heterocycles. The van der Waals surface area contributed by atoms with Crippen LogP contribution in [0.5, 0.6) is 0 Å². The second kappa shape index (κ2) is 8.10. The fraction of sp³-hybridized carbons (Fsp3) is 0.857. The first-order chi connectivity index (χ1) is 8.69. The third-order valence-corrected chi connectivity index (χ3v) is 3.77. The van der Waals surface area contributed by atoms with Crippen molar-refractivity contribution in [1.82, 2.24) is 4.90 Å². The number of likely N-dealkylation sites (N-methyl/N-ethyl adjacent to an activating group) is 1. The van der Waals surface area contributed by atoms with Crippen molar-refractivity contribution in [2.24, 2.45) is 5.92 Å². The quantitative estimate of drug-likeness (QED) is 0.729. The normalized spacial score (nSPS) is 23.4. The Morgan fingerprint density at radius 1 is 1.44 bits per heavy atom. The molecule has 0 aromatic rings. The van der Waals surface area contributed by atoms with Gasteiger partial charge in [-0.25, -0.2) is 0 Å². The zero-order valence-electron chi connectivity index (χ0n) is 11.5. The van der Waals surface area contributed by atoms with E-state index >= 15 is 0 Å². The number of carbonyl (C=O) groups excluding carboxylic acids is 1. The van der Waals surface area contributed by atoms with Gasteiger partial charge in [-0.1, -0.05) is 26.2 Å². The Morgan fingerprint density at radius 3 is 2.83 bits per heavy atom. The molecular formula is C14H24N2O2. The molecule has 0 spiro atoms. The largest absolute Gasteiger partial charge is 0.368 e. The van der Waals surface area contributed by atoms with Crippen molar-refractivity contribution in [2.75, 3.05) is 20.2 Å². The van der Waals surface area contributed by atoms with Crippen LogP contribution in [0.15, 0.2) is 0 Å². The van der Waals surface area contributed by atoms with E-state index in [4.69, 9.17) is 10.00 Å². The number of hydrogen-bond acceptors (Lipinski definition) is 3. The molecule has 4 nitrogen and oxygen atoms in total. The summed E-state index contributed by atoms with van der Waals surface area (Å²) in [6.07, 6.45) is 6.55. The lowest BCUT2D eigenvalue weighted by Gasteiger charge is -2.31. The molecule has 0 saturated heterocycles. The Hall–Kier alpha value is -1.08. The second-order valence-corrected chi connectivity index (χ2v) is 5.03. The minimum Gasteiger partial charge on any atom is -0.368 e. The first-order valence-electron chi connectivity index (χ1n) is 6.91. The van der Waals surface area contributed by atoms with Crippen molar-refractivity contribution in [1.29, 1.82) is 5.26 Å². The summed E-state index contributed by atoms with van der Waals surface area (Å²) in [7, 11) is 1.72. The number of amides is 1. The summed E-state index contributed by atoms with van der Waals surface area (Å²) in [5, 5.41) is 8.48. The van der Waals surface area contributed by atoms with E-state index in [1.807, 2.05) is 6.07 Å². The summed E-state index contributed by atoms with van der Waals surface area (Å²) in [6, 6.07) is 2.04. The van der Waals surface area contributed by atoms with E-state index in [9.17, 15) is 4.79 Å². The summed E-state index contributed by atoms with van der Waals surface area (Å²) in [5.41, 5.74) is 0. The van der Waals surface area contributed by atoms with Gasteiger partial charge in [0, 0.05) is 13.6 Å². The first-order valence-corrected chi connectivity index (χ1v) is 6.91. The van der Waals surface area contributed by atoms with E-state index in [2.05, 4.69) is 6.92 Å². The van der Waals surface area contributed by atoms with Crippen molar-refractivity contribution in [3.63, 3.8) is 0 Å². The summed E-state index contributed by atoms with van der Waals surface area (Å²) in [6.45, 7) is 2.83. The standard InChI is InChI=1S/C14H24N2O2/c1-3-12-7-4-5-8-13(12)18-11-14(17)16(2)10-6-9-15/h12-13H,3-8,10-11H2,1-2H3. The van der Waals surface area contributed by atoms with Crippen molar-refractivity contribution < 1.29 is 9.53 Å². The Kier molecular flexibility index (Phi) is 6.74. The molecule has 1 amide bonds. The predicted molar refractivity (Wildman–Crippen MR) is 69.9 cm³/mol. The van der Waals surface area contributed by atoms with Crippen LogP contribution in [-0.4, -0.2) is 37.1 Å². The average Bonchev–Trinajstić information content (AvgIpc) is 2.42. The molecule has 4 heteroatoms. The monoisotopic (exact) mass is 252 g/mol. The smallest absolute Gasteiger partial charge is 0.248 e. The first kappa shape index (κ1) is 15.0. The van der Waals surface area contributed by atoms with Crippen molar-refractivity contribution in [3.8, 4) is 6.07 Å². The number of hydrogen-bond donors (Lipinski definition) is 0. The van der Waals surface area contributed by atoms with Crippen molar-refractivity contribution in [3.05, 3.63) is 0 Å². The van der Waals surface area contributed by atoms with Crippen LogP contribution in [0.2, 0.25) is 0 Å². The molecule has 0 radical (unpaired) electrons. The molecule has 0 aromatic carbocycles. The maximum atomic E-state index is 11.8. The van der Waals surface area contributed by atoms with Crippen molar-refractivity contribution >= 4 is 5.91 Å². The van der Waals surface area contributed by atoms with Crippen LogP contribution in [0, 0.1) is 17.2 Å². The molecule has 0 heterocycles. The van der Waals surface area contributed by atoms with E-state index in [-0.39, 0.29) is 18.6 Å². The van der Waals surface area contributed by atoms with Crippen LogP contribution in [0.1, 0.15) is 45.4 Å². The summed E-state index contributed by atoms with van der Waals surface area (Å²) < 4.78 is 5.78. The van der Waals surface area contributed by atoms with Gasteiger partial charge in [0.1, 0.15) is 6.61 Å².